The number of nitrogens with two attached hydrogens (primary N) is 1. The summed E-state index contributed by atoms with van der Waals surface area (Å²) in [6, 6.07) is 14.2. The molecule has 0 aliphatic rings. The molecule has 0 aliphatic heterocycles. The standard InChI is InChI=1S/C16H20N2O2S/c1-3-18(12-14-6-4-5-7-16(14)17)21(19,20)15-10-8-13(2)9-11-15/h4-11H,3,12,17H2,1-2H3. The molecule has 0 aromatic heterocycles. The van der Waals surface area contributed by atoms with Crippen molar-refractivity contribution < 1.29 is 8.42 Å². The molecule has 0 saturated carbocycles. The van der Waals surface area contributed by atoms with Gasteiger partial charge in [0.2, 0.25) is 10.0 Å². The third-order valence-electron chi connectivity index (χ3n) is 3.41. The number of sulfonamides is 1. The van der Waals surface area contributed by atoms with Gasteiger partial charge in [0.05, 0.1) is 4.90 Å². The van der Waals surface area contributed by atoms with Crippen LogP contribution in [0.25, 0.3) is 0 Å². The molecule has 0 bridgehead atoms. The summed E-state index contributed by atoms with van der Waals surface area (Å²) in [7, 11) is -3.51. The van der Waals surface area contributed by atoms with Crippen LogP contribution in [0.3, 0.4) is 0 Å². The molecule has 0 aliphatic carbocycles. The molecule has 0 heterocycles. The van der Waals surface area contributed by atoms with Gasteiger partial charge in [0.1, 0.15) is 0 Å². The van der Waals surface area contributed by atoms with E-state index >= 15 is 0 Å². The van der Waals surface area contributed by atoms with Crippen LogP contribution in [0.1, 0.15) is 18.1 Å². The van der Waals surface area contributed by atoms with E-state index in [-0.39, 0.29) is 6.54 Å². The van der Waals surface area contributed by atoms with Crippen LogP contribution in [-0.2, 0) is 16.6 Å². The zero-order chi connectivity index (χ0) is 15.5. The van der Waals surface area contributed by atoms with Crippen molar-refractivity contribution >= 4 is 15.7 Å². The number of nitrogen functional groups attached to an aromatic ring is 1. The lowest BCUT2D eigenvalue weighted by Gasteiger charge is -2.21. The number of anilines is 1. The van der Waals surface area contributed by atoms with E-state index in [1.54, 1.807) is 30.3 Å². The normalized spacial score (nSPS) is 11.8. The minimum atomic E-state index is -3.51. The zero-order valence-corrected chi connectivity index (χ0v) is 13.1. The number of rotatable bonds is 5. The number of hydrogen-bond donors (Lipinski definition) is 1. The fourth-order valence-corrected chi connectivity index (χ4v) is 3.52. The van der Waals surface area contributed by atoms with Crippen molar-refractivity contribution in [3.63, 3.8) is 0 Å². The van der Waals surface area contributed by atoms with Gasteiger partial charge in [-0.3, -0.25) is 0 Å². The summed E-state index contributed by atoms with van der Waals surface area (Å²) < 4.78 is 26.8. The fourth-order valence-electron chi connectivity index (χ4n) is 2.09. The van der Waals surface area contributed by atoms with Gasteiger partial charge >= 0.3 is 0 Å². The van der Waals surface area contributed by atoms with Gasteiger partial charge in [-0.1, -0.05) is 42.8 Å². The van der Waals surface area contributed by atoms with Gasteiger partial charge in [-0.15, -0.1) is 0 Å². The first-order chi connectivity index (χ1) is 9.95. The minimum absolute atomic E-state index is 0.277. The molecule has 0 atom stereocenters. The van der Waals surface area contributed by atoms with E-state index < -0.39 is 10.0 Å². The highest BCUT2D eigenvalue weighted by molar-refractivity contribution is 7.89. The Bertz CT molecular complexity index is 709. The van der Waals surface area contributed by atoms with Crippen molar-refractivity contribution in [1.29, 1.82) is 0 Å². The maximum Gasteiger partial charge on any atom is 0.243 e. The summed E-state index contributed by atoms with van der Waals surface area (Å²) in [6.45, 7) is 4.42. The Hall–Kier alpha value is -1.85. The summed E-state index contributed by atoms with van der Waals surface area (Å²) in [6.07, 6.45) is 0. The van der Waals surface area contributed by atoms with Crippen molar-refractivity contribution in [2.45, 2.75) is 25.3 Å². The molecule has 0 fully saturated rings. The Labute approximate surface area is 126 Å². The van der Waals surface area contributed by atoms with Gasteiger partial charge in [0, 0.05) is 18.8 Å². The van der Waals surface area contributed by atoms with Crippen molar-refractivity contribution in [3.8, 4) is 0 Å². The predicted octanol–water partition coefficient (Wildman–Crippen LogP) is 2.79. The third kappa shape index (κ3) is 3.43. The van der Waals surface area contributed by atoms with Gasteiger partial charge < -0.3 is 5.73 Å². The molecule has 0 saturated heterocycles. The molecule has 2 aromatic rings. The van der Waals surface area contributed by atoms with E-state index in [0.29, 0.717) is 17.1 Å². The Morgan fingerprint density at radius 1 is 1.05 bits per heavy atom. The van der Waals surface area contributed by atoms with Crippen LogP contribution >= 0.6 is 0 Å². The molecule has 0 unspecified atom stereocenters. The van der Waals surface area contributed by atoms with Crippen molar-refractivity contribution in [3.05, 3.63) is 59.7 Å². The first-order valence-electron chi connectivity index (χ1n) is 6.85. The van der Waals surface area contributed by atoms with E-state index in [1.165, 1.54) is 4.31 Å². The second kappa shape index (κ2) is 6.28. The molecular formula is C16H20N2O2S. The average Bonchev–Trinajstić information content (AvgIpc) is 2.46. The van der Waals surface area contributed by atoms with Gasteiger partial charge in [-0.25, -0.2) is 8.42 Å². The Balaban J connectivity index is 2.32. The van der Waals surface area contributed by atoms with E-state index in [2.05, 4.69) is 0 Å². The predicted molar refractivity (Wildman–Crippen MR) is 85.3 cm³/mol. The number of hydrogen-bond acceptors (Lipinski definition) is 3. The lowest BCUT2D eigenvalue weighted by atomic mass is 10.2. The van der Waals surface area contributed by atoms with Crippen LogP contribution < -0.4 is 5.73 Å². The largest absolute Gasteiger partial charge is 0.398 e. The van der Waals surface area contributed by atoms with Crippen LogP contribution in [0.4, 0.5) is 5.69 Å². The van der Waals surface area contributed by atoms with Gasteiger partial charge in [-0.2, -0.15) is 4.31 Å². The highest BCUT2D eigenvalue weighted by Gasteiger charge is 2.23. The van der Waals surface area contributed by atoms with Gasteiger partial charge in [0.25, 0.3) is 0 Å². The number of benzene rings is 2. The van der Waals surface area contributed by atoms with Crippen molar-refractivity contribution in [1.82, 2.24) is 4.31 Å². The highest BCUT2D eigenvalue weighted by Crippen LogP contribution is 2.21. The smallest absolute Gasteiger partial charge is 0.243 e. The van der Waals surface area contributed by atoms with Crippen LogP contribution in [0.2, 0.25) is 0 Å². The lowest BCUT2D eigenvalue weighted by molar-refractivity contribution is 0.424. The molecule has 0 amide bonds. The Kier molecular flexibility index (Phi) is 4.65. The average molecular weight is 304 g/mol. The molecule has 21 heavy (non-hydrogen) atoms. The second-order valence-corrected chi connectivity index (χ2v) is 6.88. The zero-order valence-electron chi connectivity index (χ0n) is 12.3. The maximum atomic E-state index is 12.7. The maximum absolute atomic E-state index is 12.7. The number of aryl methyl sites for hydroxylation is 1. The topological polar surface area (TPSA) is 63.4 Å². The lowest BCUT2D eigenvalue weighted by Crippen LogP contribution is -2.30. The first kappa shape index (κ1) is 15.5. The molecule has 2 aromatic carbocycles. The van der Waals surface area contributed by atoms with E-state index in [4.69, 9.17) is 5.73 Å². The molecule has 0 radical (unpaired) electrons. The SMILES string of the molecule is CCN(Cc1ccccc1N)S(=O)(=O)c1ccc(C)cc1. The Morgan fingerprint density at radius 3 is 2.24 bits per heavy atom. The summed E-state index contributed by atoms with van der Waals surface area (Å²) in [5.41, 5.74) is 8.36. The van der Waals surface area contributed by atoms with E-state index in [9.17, 15) is 8.42 Å². The fraction of sp³-hybridized carbons (Fsp3) is 0.250. The summed E-state index contributed by atoms with van der Waals surface area (Å²) >= 11 is 0. The van der Waals surface area contributed by atoms with E-state index in [1.807, 2.05) is 32.0 Å². The Morgan fingerprint density at radius 2 is 1.67 bits per heavy atom. The van der Waals surface area contributed by atoms with Crippen molar-refractivity contribution in [2.75, 3.05) is 12.3 Å². The quantitative estimate of drug-likeness (QED) is 0.864. The van der Waals surface area contributed by atoms with Crippen LogP contribution in [-0.4, -0.2) is 19.3 Å². The summed E-state index contributed by atoms with van der Waals surface area (Å²) in [4.78, 5) is 0.310. The number of para-hydroxylation sites is 1. The second-order valence-electron chi connectivity index (χ2n) is 4.94. The summed E-state index contributed by atoms with van der Waals surface area (Å²) in [5.74, 6) is 0. The molecule has 2 N–H and O–H groups in total. The third-order valence-corrected chi connectivity index (χ3v) is 5.35. The van der Waals surface area contributed by atoms with Crippen LogP contribution in [0.5, 0.6) is 0 Å². The molecule has 5 heteroatoms. The molecule has 112 valence electrons. The highest BCUT2D eigenvalue weighted by atomic mass is 32.2. The van der Waals surface area contributed by atoms with Crippen molar-refractivity contribution in [2.24, 2.45) is 0 Å². The molecular weight excluding hydrogens is 284 g/mol. The monoisotopic (exact) mass is 304 g/mol. The first-order valence-corrected chi connectivity index (χ1v) is 8.29. The molecule has 2 rings (SSSR count). The van der Waals surface area contributed by atoms with Gasteiger partial charge in [0.15, 0.2) is 0 Å². The van der Waals surface area contributed by atoms with Crippen LogP contribution in [0, 0.1) is 6.92 Å². The molecule has 4 nitrogen and oxygen atoms in total. The number of nitrogens with zero attached hydrogens (tertiary/aromatic N) is 1. The van der Waals surface area contributed by atoms with Gasteiger partial charge in [-0.05, 0) is 30.7 Å². The minimum Gasteiger partial charge on any atom is -0.398 e. The summed E-state index contributed by atoms with van der Waals surface area (Å²) in [5, 5.41) is 0. The molecule has 0 spiro atoms. The van der Waals surface area contributed by atoms with E-state index in [0.717, 1.165) is 11.1 Å². The van der Waals surface area contributed by atoms with Crippen LogP contribution in [0.15, 0.2) is 53.4 Å².